The number of phenols is 1. The van der Waals surface area contributed by atoms with Gasteiger partial charge in [0.1, 0.15) is 5.75 Å². The molecule has 114 valence electrons. The van der Waals surface area contributed by atoms with Crippen molar-refractivity contribution >= 4 is 23.6 Å². The Hall–Kier alpha value is -1.95. The van der Waals surface area contributed by atoms with E-state index in [1.807, 2.05) is 0 Å². The molecule has 2 amide bonds. The van der Waals surface area contributed by atoms with Crippen LogP contribution in [0.4, 0.5) is 4.79 Å². The van der Waals surface area contributed by atoms with E-state index in [0.717, 1.165) is 0 Å². The van der Waals surface area contributed by atoms with Crippen LogP contribution >= 0.6 is 11.6 Å². The number of amides is 2. The molecule has 1 saturated heterocycles. The number of halogens is 1. The van der Waals surface area contributed by atoms with Gasteiger partial charge in [-0.25, -0.2) is 4.79 Å². The summed E-state index contributed by atoms with van der Waals surface area (Å²) in [4.78, 5) is 27.1. The Balaban J connectivity index is 1.98. The van der Waals surface area contributed by atoms with Crippen LogP contribution in [-0.2, 0) is 4.74 Å². The summed E-state index contributed by atoms with van der Waals surface area (Å²) in [5, 5.41) is 10.2. The lowest BCUT2D eigenvalue weighted by Crippen LogP contribution is -2.50. The molecule has 0 spiro atoms. The first-order valence-electron chi connectivity index (χ1n) is 6.72. The topological polar surface area (TPSA) is 70.1 Å². The second kappa shape index (κ2) is 6.67. The number of aromatic hydroxyl groups is 1. The summed E-state index contributed by atoms with van der Waals surface area (Å²) in [6.07, 6.45) is -0.362. The number of ether oxygens (including phenoxy) is 1. The second-order valence-corrected chi connectivity index (χ2v) is 5.08. The average molecular weight is 313 g/mol. The minimum atomic E-state index is -0.362. The fourth-order valence-electron chi connectivity index (χ4n) is 2.16. The van der Waals surface area contributed by atoms with Crippen LogP contribution in [0.1, 0.15) is 17.3 Å². The Labute approximate surface area is 127 Å². The van der Waals surface area contributed by atoms with Crippen LogP contribution in [0, 0.1) is 0 Å². The molecule has 7 heteroatoms. The Morgan fingerprint density at radius 1 is 1.24 bits per heavy atom. The molecular formula is C14H17ClN2O4. The number of hydrogen-bond acceptors (Lipinski definition) is 4. The van der Waals surface area contributed by atoms with Gasteiger partial charge in [0.05, 0.1) is 12.2 Å². The van der Waals surface area contributed by atoms with E-state index < -0.39 is 0 Å². The fourth-order valence-corrected chi connectivity index (χ4v) is 2.33. The number of carbonyl (C=O) groups excluding carboxylic acids is 2. The van der Waals surface area contributed by atoms with Crippen molar-refractivity contribution in [2.24, 2.45) is 0 Å². The van der Waals surface area contributed by atoms with E-state index in [9.17, 15) is 14.7 Å². The summed E-state index contributed by atoms with van der Waals surface area (Å²) < 4.78 is 4.92. The minimum Gasteiger partial charge on any atom is -0.507 e. The maximum Gasteiger partial charge on any atom is 0.409 e. The van der Waals surface area contributed by atoms with Crippen LogP contribution in [-0.4, -0.2) is 59.7 Å². The van der Waals surface area contributed by atoms with E-state index in [-0.39, 0.29) is 23.3 Å². The van der Waals surface area contributed by atoms with Gasteiger partial charge in [-0.15, -0.1) is 0 Å². The third-order valence-corrected chi connectivity index (χ3v) is 3.52. The van der Waals surface area contributed by atoms with Crippen LogP contribution in [0.3, 0.4) is 0 Å². The summed E-state index contributed by atoms with van der Waals surface area (Å²) in [7, 11) is 0. The maximum absolute atomic E-state index is 12.3. The van der Waals surface area contributed by atoms with Crippen LogP contribution in [0.15, 0.2) is 18.2 Å². The molecule has 0 radical (unpaired) electrons. The Morgan fingerprint density at radius 3 is 2.43 bits per heavy atom. The van der Waals surface area contributed by atoms with Gasteiger partial charge in [-0.2, -0.15) is 0 Å². The van der Waals surface area contributed by atoms with Crippen molar-refractivity contribution in [1.29, 1.82) is 0 Å². The maximum atomic E-state index is 12.3. The fraction of sp³-hybridized carbons (Fsp3) is 0.429. The number of hydrogen-bond donors (Lipinski definition) is 1. The van der Waals surface area contributed by atoms with Gasteiger partial charge in [0.2, 0.25) is 0 Å². The average Bonchev–Trinajstić information content (AvgIpc) is 2.47. The van der Waals surface area contributed by atoms with Crippen molar-refractivity contribution in [1.82, 2.24) is 9.80 Å². The number of carbonyl (C=O) groups is 2. The lowest BCUT2D eigenvalue weighted by atomic mass is 10.1. The van der Waals surface area contributed by atoms with Crippen molar-refractivity contribution in [3.8, 4) is 5.75 Å². The molecule has 2 rings (SSSR count). The van der Waals surface area contributed by atoms with E-state index in [2.05, 4.69) is 0 Å². The third kappa shape index (κ3) is 3.58. The molecule has 1 N–H and O–H groups in total. The first kappa shape index (κ1) is 15.4. The number of rotatable bonds is 2. The number of benzene rings is 1. The molecule has 1 aromatic carbocycles. The van der Waals surface area contributed by atoms with E-state index >= 15 is 0 Å². The van der Waals surface area contributed by atoms with E-state index in [1.165, 1.54) is 12.1 Å². The van der Waals surface area contributed by atoms with Gasteiger partial charge in [-0.3, -0.25) is 4.79 Å². The molecule has 21 heavy (non-hydrogen) atoms. The largest absolute Gasteiger partial charge is 0.507 e. The zero-order chi connectivity index (χ0) is 15.4. The van der Waals surface area contributed by atoms with Crippen LogP contribution in [0.2, 0.25) is 5.02 Å². The summed E-state index contributed by atoms with van der Waals surface area (Å²) in [5.74, 6) is -0.409. The predicted octanol–water partition coefficient (Wildman–Crippen LogP) is 1.96. The molecule has 0 aromatic heterocycles. The van der Waals surface area contributed by atoms with Crippen molar-refractivity contribution < 1.29 is 19.4 Å². The van der Waals surface area contributed by atoms with Crippen LogP contribution in [0.25, 0.3) is 0 Å². The number of nitrogens with zero attached hydrogens (tertiary/aromatic N) is 2. The summed E-state index contributed by atoms with van der Waals surface area (Å²) >= 11 is 5.75. The summed E-state index contributed by atoms with van der Waals surface area (Å²) in [5.41, 5.74) is 0.212. The smallest absolute Gasteiger partial charge is 0.409 e. The highest BCUT2D eigenvalue weighted by Gasteiger charge is 2.26. The molecule has 0 atom stereocenters. The summed E-state index contributed by atoms with van der Waals surface area (Å²) in [6.45, 7) is 3.72. The van der Waals surface area contributed by atoms with Gasteiger partial charge in [-0.05, 0) is 25.1 Å². The second-order valence-electron chi connectivity index (χ2n) is 4.64. The zero-order valence-corrected chi connectivity index (χ0v) is 12.5. The van der Waals surface area contributed by atoms with Crippen molar-refractivity contribution in [3.63, 3.8) is 0 Å². The zero-order valence-electron chi connectivity index (χ0n) is 11.7. The third-order valence-electron chi connectivity index (χ3n) is 3.28. The standard InChI is InChI=1S/C14H17ClN2O4/c1-2-21-14(20)17-7-5-16(6-8-17)13(19)11-4-3-10(15)9-12(11)18/h3-4,9,18H,2,5-8H2,1H3. The van der Waals surface area contributed by atoms with Crippen LogP contribution < -0.4 is 0 Å². The van der Waals surface area contributed by atoms with Crippen LogP contribution in [0.5, 0.6) is 5.75 Å². The highest BCUT2D eigenvalue weighted by Crippen LogP contribution is 2.23. The first-order chi connectivity index (χ1) is 10.0. The van der Waals surface area contributed by atoms with Gasteiger partial charge in [-0.1, -0.05) is 11.6 Å². The quantitative estimate of drug-likeness (QED) is 0.906. The van der Waals surface area contributed by atoms with Gasteiger partial charge < -0.3 is 19.6 Å². The van der Waals surface area contributed by atoms with Gasteiger partial charge in [0.15, 0.2) is 0 Å². The molecule has 1 heterocycles. The first-order valence-corrected chi connectivity index (χ1v) is 7.10. The minimum absolute atomic E-state index is 0.139. The number of piperazine rings is 1. The molecule has 1 aromatic rings. The number of phenolic OH excluding ortho intramolecular Hbond substituents is 1. The molecule has 1 aliphatic heterocycles. The van der Waals surface area contributed by atoms with Gasteiger partial charge in [0, 0.05) is 31.2 Å². The Kier molecular flexibility index (Phi) is 4.90. The molecule has 0 aliphatic carbocycles. The highest BCUT2D eigenvalue weighted by molar-refractivity contribution is 6.30. The predicted molar refractivity (Wildman–Crippen MR) is 77.6 cm³/mol. The van der Waals surface area contributed by atoms with E-state index in [1.54, 1.807) is 22.8 Å². The van der Waals surface area contributed by atoms with Crippen molar-refractivity contribution in [3.05, 3.63) is 28.8 Å². The van der Waals surface area contributed by atoms with E-state index in [0.29, 0.717) is 37.8 Å². The van der Waals surface area contributed by atoms with Crippen molar-refractivity contribution in [2.45, 2.75) is 6.92 Å². The molecule has 0 bridgehead atoms. The molecule has 1 aliphatic rings. The monoisotopic (exact) mass is 312 g/mol. The van der Waals surface area contributed by atoms with E-state index in [4.69, 9.17) is 16.3 Å². The molecule has 1 fully saturated rings. The summed E-state index contributed by atoms with van der Waals surface area (Å²) in [6, 6.07) is 4.39. The molecule has 6 nitrogen and oxygen atoms in total. The van der Waals surface area contributed by atoms with Crippen molar-refractivity contribution in [2.75, 3.05) is 32.8 Å². The normalized spacial score (nSPS) is 15.0. The highest BCUT2D eigenvalue weighted by atomic mass is 35.5. The molecule has 0 unspecified atom stereocenters. The SMILES string of the molecule is CCOC(=O)N1CCN(C(=O)c2ccc(Cl)cc2O)CC1. The lowest BCUT2D eigenvalue weighted by Gasteiger charge is -2.34. The molecular weight excluding hydrogens is 296 g/mol. The Morgan fingerprint density at radius 2 is 1.86 bits per heavy atom. The molecule has 0 saturated carbocycles. The Bertz CT molecular complexity index is 542. The van der Waals surface area contributed by atoms with Gasteiger partial charge in [0.25, 0.3) is 5.91 Å². The lowest BCUT2D eigenvalue weighted by molar-refractivity contribution is 0.0568. The van der Waals surface area contributed by atoms with Gasteiger partial charge >= 0.3 is 6.09 Å².